The SMILES string of the molecule is CC(C)(C)N(CC(=O)N1CCc2sccc2C1COc1ccc(Cl)cc1)C(=O)c1ccc(F)cc1. The first kappa shape index (κ1) is 25.2. The highest BCUT2D eigenvalue weighted by molar-refractivity contribution is 7.10. The van der Waals surface area contributed by atoms with E-state index >= 15 is 0 Å². The van der Waals surface area contributed by atoms with Crippen molar-refractivity contribution in [2.75, 3.05) is 19.7 Å². The van der Waals surface area contributed by atoms with Crippen molar-refractivity contribution >= 4 is 34.8 Å². The zero-order valence-electron chi connectivity index (χ0n) is 20.0. The number of ether oxygens (including phenoxy) is 1. The molecule has 2 aromatic carbocycles. The van der Waals surface area contributed by atoms with Gasteiger partial charge >= 0.3 is 0 Å². The van der Waals surface area contributed by atoms with Crippen LogP contribution in [-0.4, -0.2) is 46.8 Å². The highest BCUT2D eigenvalue weighted by Crippen LogP contribution is 2.34. The standard InChI is InChI=1S/C27H28ClFN2O3S/c1-27(2,3)31(26(33)18-4-8-20(29)9-5-18)16-25(32)30-14-12-24-22(13-15-35-24)23(30)17-34-21-10-6-19(28)7-11-21/h4-11,13,15,23H,12,14,16-17H2,1-3H3. The van der Waals surface area contributed by atoms with Gasteiger partial charge in [-0.2, -0.15) is 0 Å². The van der Waals surface area contributed by atoms with Gasteiger partial charge in [0.1, 0.15) is 24.7 Å². The van der Waals surface area contributed by atoms with Crippen molar-refractivity contribution < 1.29 is 18.7 Å². The van der Waals surface area contributed by atoms with Gasteiger partial charge in [-0.3, -0.25) is 9.59 Å². The Morgan fingerprint density at radius 3 is 2.46 bits per heavy atom. The van der Waals surface area contributed by atoms with E-state index in [9.17, 15) is 14.0 Å². The van der Waals surface area contributed by atoms with Crippen molar-refractivity contribution in [1.29, 1.82) is 0 Å². The molecule has 0 saturated carbocycles. The minimum Gasteiger partial charge on any atom is -0.491 e. The van der Waals surface area contributed by atoms with Gasteiger partial charge in [-0.15, -0.1) is 11.3 Å². The first-order valence-corrected chi connectivity index (χ1v) is 12.7. The molecule has 0 fully saturated rings. The van der Waals surface area contributed by atoms with E-state index in [1.807, 2.05) is 37.1 Å². The number of rotatable bonds is 6. The summed E-state index contributed by atoms with van der Waals surface area (Å²) in [6.45, 7) is 6.40. The highest BCUT2D eigenvalue weighted by Gasteiger charge is 2.36. The average molecular weight is 515 g/mol. The molecule has 0 saturated heterocycles. The molecule has 0 radical (unpaired) electrons. The lowest BCUT2D eigenvalue weighted by atomic mass is 9.99. The summed E-state index contributed by atoms with van der Waals surface area (Å²) < 4.78 is 19.4. The predicted octanol–water partition coefficient (Wildman–Crippen LogP) is 5.99. The number of thiophene rings is 1. The lowest BCUT2D eigenvalue weighted by Crippen LogP contribution is -2.53. The van der Waals surface area contributed by atoms with Crippen LogP contribution in [0.3, 0.4) is 0 Å². The Bertz CT molecular complexity index is 1190. The lowest BCUT2D eigenvalue weighted by Gasteiger charge is -2.40. The Labute approximate surface area is 214 Å². The molecular weight excluding hydrogens is 487 g/mol. The molecule has 0 aliphatic carbocycles. The summed E-state index contributed by atoms with van der Waals surface area (Å²) in [7, 11) is 0. The van der Waals surface area contributed by atoms with Crippen molar-refractivity contribution in [3.63, 3.8) is 0 Å². The summed E-state index contributed by atoms with van der Waals surface area (Å²) in [5.74, 6) is -0.208. The third kappa shape index (κ3) is 5.85. The van der Waals surface area contributed by atoms with Gasteiger partial charge in [-0.05, 0) is 92.7 Å². The van der Waals surface area contributed by atoms with E-state index in [4.69, 9.17) is 16.3 Å². The summed E-state index contributed by atoms with van der Waals surface area (Å²) in [5.41, 5.74) is 0.811. The van der Waals surface area contributed by atoms with Crippen molar-refractivity contribution in [1.82, 2.24) is 9.80 Å². The monoisotopic (exact) mass is 514 g/mol. The summed E-state index contributed by atoms with van der Waals surface area (Å²) in [4.78, 5) is 31.5. The molecule has 0 bridgehead atoms. The molecule has 0 N–H and O–H groups in total. The van der Waals surface area contributed by atoms with Crippen molar-refractivity contribution in [3.8, 4) is 5.75 Å². The number of carbonyl (C=O) groups is 2. The molecule has 2 heterocycles. The number of fused-ring (bicyclic) bond motifs is 1. The van der Waals surface area contributed by atoms with E-state index in [1.54, 1.807) is 40.5 Å². The van der Waals surface area contributed by atoms with E-state index in [2.05, 4.69) is 0 Å². The van der Waals surface area contributed by atoms with Crippen LogP contribution in [0, 0.1) is 5.82 Å². The molecule has 1 aliphatic heterocycles. The Morgan fingerprint density at radius 1 is 1.11 bits per heavy atom. The lowest BCUT2D eigenvalue weighted by molar-refractivity contribution is -0.136. The van der Waals surface area contributed by atoms with E-state index in [0.29, 0.717) is 29.5 Å². The van der Waals surface area contributed by atoms with Crippen LogP contribution in [0.5, 0.6) is 5.75 Å². The molecule has 1 aliphatic rings. The Kier molecular flexibility index (Phi) is 7.47. The van der Waals surface area contributed by atoms with Crippen LogP contribution in [0.2, 0.25) is 5.02 Å². The van der Waals surface area contributed by atoms with Gasteiger partial charge < -0.3 is 14.5 Å². The molecule has 4 rings (SSSR count). The van der Waals surface area contributed by atoms with Gasteiger partial charge in [-0.1, -0.05) is 11.6 Å². The Hall–Kier alpha value is -2.90. The minimum absolute atomic E-state index is 0.0867. The number of benzene rings is 2. The normalized spacial score (nSPS) is 15.5. The second-order valence-electron chi connectivity index (χ2n) is 9.49. The minimum atomic E-state index is -0.611. The molecule has 8 heteroatoms. The molecule has 2 amide bonds. The second kappa shape index (κ2) is 10.4. The van der Waals surface area contributed by atoms with Gasteiger partial charge in [0.2, 0.25) is 5.91 Å². The molecule has 3 aromatic rings. The van der Waals surface area contributed by atoms with Crippen LogP contribution in [0.4, 0.5) is 4.39 Å². The topological polar surface area (TPSA) is 49.9 Å². The number of hydrogen-bond donors (Lipinski definition) is 0. The van der Waals surface area contributed by atoms with Crippen LogP contribution in [-0.2, 0) is 11.2 Å². The van der Waals surface area contributed by atoms with Gasteiger partial charge in [0.05, 0.1) is 6.04 Å². The summed E-state index contributed by atoms with van der Waals surface area (Å²) in [6.07, 6.45) is 0.762. The molecule has 184 valence electrons. The van der Waals surface area contributed by atoms with Gasteiger partial charge in [0.25, 0.3) is 5.91 Å². The second-order valence-corrected chi connectivity index (χ2v) is 10.9. The average Bonchev–Trinajstić information content (AvgIpc) is 3.30. The maximum absolute atomic E-state index is 13.6. The summed E-state index contributed by atoms with van der Waals surface area (Å²) in [5, 5.41) is 2.66. The highest BCUT2D eigenvalue weighted by atomic mass is 35.5. The van der Waals surface area contributed by atoms with Gasteiger partial charge in [-0.25, -0.2) is 4.39 Å². The molecular formula is C27H28ClFN2O3S. The van der Waals surface area contributed by atoms with Crippen LogP contribution in [0.25, 0.3) is 0 Å². The molecule has 0 spiro atoms. The number of nitrogens with zero attached hydrogens (tertiary/aromatic N) is 2. The van der Waals surface area contributed by atoms with Crippen molar-refractivity contribution in [2.24, 2.45) is 0 Å². The van der Waals surface area contributed by atoms with Gasteiger partial charge in [0, 0.05) is 27.5 Å². The van der Waals surface area contributed by atoms with Crippen molar-refractivity contribution in [3.05, 3.63) is 86.8 Å². The van der Waals surface area contributed by atoms with E-state index in [0.717, 1.165) is 12.0 Å². The molecule has 5 nitrogen and oxygen atoms in total. The van der Waals surface area contributed by atoms with Crippen LogP contribution < -0.4 is 4.74 Å². The molecule has 1 atom stereocenters. The van der Waals surface area contributed by atoms with E-state index in [-0.39, 0.29) is 24.4 Å². The number of halogens is 2. The largest absolute Gasteiger partial charge is 0.491 e. The first-order valence-electron chi connectivity index (χ1n) is 11.4. The fourth-order valence-corrected chi connectivity index (χ4v) is 5.22. The quantitative estimate of drug-likeness (QED) is 0.406. The smallest absolute Gasteiger partial charge is 0.254 e. The maximum atomic E-state index is 13.6. The van der Waals surface area contributed by atoms with E-state index < -0.39 is 11.4 Å². The number of carbonyl (C=O) groups excluding carboxylic acids is 2. The summed E-state index contributed by atoms with van der Waals surface area (Å²) >= 11 is 7.66. The van der Waals surface area contributed by atoms with Crippen LogP contribution >= 0.6 is 22.9 Å². The Balaban J connectivity index is 1.55. The Morgan fingerprint density at radius 2 is 1.80 bits per heavy atom. The number of amides is 2. The fraction of sp³-hybridized carbons (Fsp3) is 0.333. The third-order valence-electron chi connectivity index (χ3n) is 6.08. The maximum Gasteiger partial charge on any atom is 0.254 e. The first-order chi connectivity index (χ1) is 16.6. The zero-order valence-corrected chi connectivity index (χ0v) is 21.5. The van der Waals surface area contributed by atoms with Crippen molar-refractivity contribution in [2.45, 2.75) is 38.8 Å². The molecule has 35 heavy (non-hydrogen) atoms. The van der Waals surface area contributed by atoms with E-state index in [1.165, 1.54) is 29.1 Å². The fourth-order valence-electron chi connectivity index (χ4n) is 4.17. The number of hydrogen-bond acceptors (Lipinski definition) is 4. The zero-order chi connectivity index (χ0) is 25.2. The predicted molar refractivity (Wildman–Crippen MR) is 137 cm³/mol. The summed E-state index contributed by atoms with van der Waals surface area (Å²) in [6, 6.07) is 14.3. The molecule has 1 aromatic heterocycles. The van der Waals surface area contributed by atoms with Gasteiger partial charge in [0.15, 0.2) is 0 Å². The van der Waals surface area contributed by atoms with Crippen LogP contribution in [0.1, 0.15) is 47.6 Å². The molecule has 1 unspecified atom stereocenters. The third-order valence-corrected chi connectivity index (χ3v) is 7.32. The van der Waals surface area contributed by atoms with Crippen LogP contribution in [0.15, 0.2) is 60.0 Å².